The van der Waals surface area contributed by atoms with Crippen LogP contribution in [0.5, 0.6) is 0 Å². The SMILES string of the molecule is CC(C)(C)c1ccc(N2B3c4cc(C(C)(C)C)ccc4N(c4ccc(C(C)(C)C)cc4)c4c3c(cc3c4C(C)(C)c4ccccc4-3)-c3c2ccc2c3C(C)(C)c3ccccc3-2)cc1. The van der Waals surface area contributed by atoms with Gasteiger partial charge in [-0.3, -0.25) is 0 Å². The first-order valence-corrected chi connectivity index (χ1v) is 23.2. The van der Waals surface area contributed by atoms with Gasteiger partial charge in [0.15, 0.2) is 0 Å². The number of hydrogen-bond donors (Lipinski definition) is 0. The van der Waals surface area contributed by atoms with Gasteiger partial charge in [-0.25, -0.2) is 0 Å². The predicted octanol–water partition coefficient (Wildman–Crippen LogP) is 14.9. The summed E-state index contributed by atoms with van der Waals surface area (Å²) in [7, 11) is 0. The van der Waals surface area contributed by atoms with E-state index >= 15 is 0 Å². The molecule has 0 saturated heterocycles. The van der Waals surface area contributed by atoms with E-state index in [0.29, 0.717) is 0 Å². The average Bonchev–Trinajstić information content (AvgIpc) is 3.62. The van der Waals surface area contributed by atoms with Gasteiger partial charge in [0, 0.05) is 44.8 Å². The fourth-order valence-electron chi connectivity index (χ4n) is 11.9. The second-order valence-corrected chi connectivity index (χ2v) is 23.1. The first kappa shape index (κ1) is 40.0. The molecule has 0 bridgehead atoms. The quantitative estimate of drug-likeness (QED) is 0.160. The molecule has 0 N–H and O–H groups in total. The van der Waals surface area contributed by atoms with E-state index in [9.17, 15) is 0 Å². The molecule has 314 valence electrons. The largest absolute Gasteiger partial charge is 0.376 e. The lowest BCUT2D eigenvalue weighted by Crippen LogP contribution is -2.62. The van der Waals surface area contributed by atoms with E-state index in [0.717, 1.165) is 0 Å². The summed E-state index contributed by atoms with van der Waals surface area (Å²) in [5, 5.41) is 0. The Kier molecular flexibility index (Phi) is 8.20. The number of hydrogen-bond acceptors (Lipinski definition) is 2. The van der Waals surface area contributed by atoms with Crippen LogP contribution in [-0.2, 0) is 27.1 Å². The Morgan fingerprint density at radius 1 is 0.429 bits per heavy atom. The van der Waals surface area contributed by atoms with Crippen LogP contribution in [0, 0.1) is 0 Å². The monoisotopic (exact) mass is 820 g/mol. The molecular weight excluding hydrogens is 759 g/mol. The molecule has 0 unspecified atom stereocenters. The topological polar surface area (TPSA) is 6.48 Å². The standard InChI is InChI=1S/C60H61BN2/c1-56(2,3)36-22-27-39(28-23-36)62-49-32-26-38(58(7,8)9)34-48(49)61-54-45(35-44-42-19-15-17-21-47(42)60(12,13)53(44)55(54)62)51-50(63(61)40-29-24-37(25-30-40)57(4,5)6)33-31-43-41-18-14-16-20-46(41)59(10,11)52(43)51/h14-35H,1-13H3. The Balaban J connectivity index is 1.33. The maximum absolute atomic E-state index is 2.74. The first-order chi connectivity index (χ1) is 29.7. The minimum Gasteiger partial charge on any atom is -0.376 e. The van der Waals surface area contributed by atoms with Gasteiger partial charge in [-0.05, 0) is 136 Å². The van der Waals surface area contributed by atoms with Crippen molar-refractivity contribution in [3.05, 3.63) is 172 Å². The van der Waals surface area contributed by atoms with Gasteiger partial charge in [0.2, 0.25) is 0 Å². The summed E-state index contributed by atoms with van der Waals surface area (Å²) in [5.41, 5.74) is 26.4. The van der Waals surface area contributed by atoms with Crippen LogP contribution in [-0.4, -0.2) is 6.85 Å². The second kappa shape index (κ2) is 12.9. The summed E-state index contributed by atoms with van der Waals surface area (Å²) in [6.07, 6.45) is 0. The van der Waals surface area contributed by atoms with Crippen LogP contribution in [0.1, 0.15) is 129 Å². The fraction of sp³-hybridized carbons (Fsp3) is 0.300. The molecule has 2 heterocycles. The van der Waals surface area contributed by atoms with Crippen molar-refractivity contribution in [2.45, 2.75) is 117 Å². The Labute approximate surface area is 377 Å². The van der Waals surface area contributed by atoms with Crippen molar-refractivity contribution < 1.29 is 0 Å². The summed E-state index contributed by atoms with van der Waals surface area (Å²) in [5.74, 6) is 0. The van der Waals surface area contributed by atoms with E-state index < -0.39 is 0 Å². The van der Waals surface area contributed by atoms with Crippen LogP contribution in [0.15, 0.2) is 133 Å². The molecule has 3 heteroatoms. The van der Waals surface area contributed by atoms with Gasteiger partial charge in [0.25, 0.3) is 0 Å². The Morgan fingerprint density at radius 3 is 1.49 bits per heavy atom. The van der Waals surface area contributed by atoms with Gasteiger partial charge in [0.05, 0.1) is 0 Å². The molecular formula is C60H61BN2. The lowest BCUT2D eigenvalue weighted by molar-refractivity contribution is 0.590. The third-order valence-corrected chi connectivity index (χ3v) is 15.3. The van der Waals surface area contributed by atoms with Crippen molar-refractivity contribution in [1.82, 2.24) is 0 Å². The highest BCUT2D eigenvalue weighted by Crippen LogP contribution is 2.61. The molecule has 4 aliphatic rings. The third-order valence-electron chi connectivity index (χ3n) is 15.3. The molecule has 0 fully saturated rings. The van der Waals surface area contributed by atoms with Crippen molar-refractivity contribution in [1.29, 1.82) is 0 Å². The summed E-state index contributed by atoms with van der Waals surface area (Å²) >= 11 is 0. The highest BCUT2D eigenvalue weighted by Gasteiger charge is 2.52. The Hall–Kier alpha value is -5.80. The van der Waals surface area contributed by atoms with Gasteiger partial charge in [-0.1, -0.05) is 181 Å². The highest BCUT2D eigenvalue weighted by molar-refractivity contribution is 6.93. The smallest absolute Gasteiger partial charge is 0.333 e. The maximum atomic E-state index is 2.74. The predicted molar refractivity (Wildman–Crippen MR) is 271 cm³/mol. The van der Waals surface area contributed by atoms with Crippen molar-refractivity contribution in [3.63, 3.8) is 0 Å². The summed E-state index contributed by atoms with van der Waals surface area (Å²) in [6.45, 7) is 30.7. The first-order valence-electron chi connectivity index (χ1n) is 23.2. The normalized spacial score (nSPS) is 16.2. The van der Waals surface area contributed by atoms with Crippen molar-refractivity contribution >= 4 is 46.2 Å². The second-order valence-electron chi connectivity index (χ2n) is 23.1. The van der Waals surface area contributed by atoms with Crippen LogP contribution >= 0.6 is 0 Å². The van der Waals surface area contributed by atoms with E-state index in [2.05, 4.69) is 233 Å². The minimum atomic E-state index is -0.249. The highest BCUT2D eigenvalue weighted by atomic mass is 15.2. The summed E-state index contributed by atoms with van der Waals surface area (Å²) in [6, 6.07) is 52.4. The minimum absolute atomic E-state index is 0.0396. The van der Waals surface area contributed by atoms with Crippen molar-refractivity contribution in [2.24, 2.45) is 0 Å². The van der Waals surface area contributed by atoms with Crippen LogP contribution < -0.4 is 20.6 Å². The lowest BCUT2D eigenvalue weighted by atomic mass is 9.42. The fourth-order valence-corrected chi connectivity index (χ4v) is 11.9. The molecule has 0 amide bonds. The van der Waals surface area contributed by atoms with Crippen LogP contribution in [0.25, 0.3) is 33.4 Å². The third kappa shape index (κ3) is 5.57. The van der Waals surface area contributed by atoms with Gasteiger partial charge >= 0.3 is 6.85 Å². The maximum Gasteiger partial charge on any atom is 0.333 e. The summed E-state index contributed by atoms with van der Waals surface area (Å²) in [4.78, 5) is 5.41. The molecule has 0 radical (unpaired) electrons. The zero-order chi connectivity index (χ0) is 44.3. The van der Waals surface area contributed by atoms with Gasteiger partial charge in [-0.2, -0.15) is 0 Å². The average molecular weight is 821 g/mol. The van der Waals surface area contributed by atoms with E-state index in [4.69, 9.17) is 0 Å². The van der Waals surface area contributed by atoms with E-state index in [1.165, 1.54) is 112 Å². The Bertz CT molecular complexity index is 3050. The molecule has 2 aliphatic carbocycles. The number of nitrogens with zero attached hydrogens (tertiary/aromatic N) is 2. The molecule has 0 saturated carbocycles. The molecule has 2 nitrogen and oxygen atoms in total. The number of benzene rings is 7. The molecule has 0 atom stereocenters. The van der Waals surface area contributed by atoms with Gasteiger partial charge in [0.1, 0.15) is 0 Å². The molecule has 11 rings (SSSR count). The molecule has 2 aliphatic heterocycles. The van der Waals surface area contributed by atoms with Gasteiger partial charge in [-0.15, -0.1) is 0 Å². The van der Waals surface area contributed by atoms with Crippen LogP contribution in [0.3, 0.4) is 0 Å². The molecule has 0 spiro atoms. The zero-order valence-electron chi connectivity index (χ0n) is 39.7. The van der Waals surface area contributed by atoms with Crippen LogP contribution in [0.4, 0.5) is 28.4 Å². The molecule has 0 aromatic heterocycles. The lowest BCUT2D eigenvalue weighted by Gasteiger charge is -2.48. The summed E-state index contributed by atoms with van der Waals surface area (Å²) < 4.78 is 0. The van der Waals surface area contributed by atoms with E-state index in [-0.39, 0.29) is 33.9 Å². The molecule has 7 aromatic rings. The van der Waals surface area contributed by atoms with E-state index in [1.807, 2.05) is 0 Å². The molecule has 63 heavy (non-hydrogen) atoms. The van der Waals surface area contributed by atoms with Gasteiger partial charge < -0.3 is 9.71 Å². The number of rotatable bonds is 2. The van der Waals surface area contributed by atoms with Crippen molar-refractivity contribution in [3.8, 4) is 33.4 Å². The number of anilines is 5. The van der Waals surface area contributed by atoms with Crippen LogP contribution in [0.2, 0.25) is 0 Å². The number of fused-ring (bicyclic) bond motifs is 12. The van der Waals surface area contributed by atoms with E-state index in [1.54, 1.807) is 0 Å². The van der Waals surface area contributed by atoms with Crippen molar-refractivity contribution in [2.75, 3.05) is 9.71 Å². The molecule has 7 aromatic carbocycles. The zero-order valence-corrected chi connectivity index (χ0v) is 39.7. The Morgan fingerprint density at radius 2 is 0.921 bits per heavy atom.